The van der Waals surface area contributed by atoms with Crippen LogP contribution in [-0.4, -0.2) is 54.3 Å². The van der Waals surface area contributed by atoms with Gasteiger partial charge in [-0.1, -0.05) is 0 Å². The van der Waals surface area contributed by atoms with Crippen LogP contribution in [0.15, 0.2) is 23.1 Å². The predicted molar refractivity (Wildman–Crippen MR) is 77.7 cm³/mol. The highest BCUT2D eigenvalue weighted by atomic mass is 32.2. The Morgan fingerprint density at radius 1 is 1.25 bits per heavy atom. The van der Waals surface area contributed by atoms with E-state index < -0.39 is 20.6 Å². The van der Waals surface area contributed by atoms with Crippen molar-refractivity contribution in [3.63, 3.8) is 0 Å². The van der Waals surface area contributed by atoms with Crippen molar-refractivity contribution in [2.75, 3.05) is 36.6 Å². The van der Waals surface area contributed by atoms with Crippen molar-refractivity contribution < 1.29 is 17.4 Å². The number of amides is 1. The van der Waals surface area contributed by atoms with Crippen LogP contribution in [0.5, 0.6) is 0 Å². The maximum atomic E-state index is 12.3. The Morgan fingerprint density at radius 2 is 1.85 bits per heavy atom. The Kier molecular flexibility index (Phi) is 4.14. The Hall–Kier alpha value is -1.41. The Balaban J connectivity index is 2.31. The molecule has 1 fully saturated rings. The predicted octanol–water partition coefficient (Wildman–Crippen LogP) is -0.123. The molecule has 8 heteroatoms. The summed E-state index contributed by atoms with van der Waals surface area (Å²) in [7, 11) is -4.29. The molecule has 0 aromatic heterocycles. The first-order valence-corrected chi connectivity index (χ1v) is 9.40. The van der Waals surface area contributed by atoms with Crippen molar-refractivity contribution in [3.8, 4) is 0 Å². The van der Waals surface area contributed by atoms with E-state index in [1.807, 2.05) is 0 Å². The fraction of sp³-hybridized carbons (Fsp3) is 0.417. The minimum atomic E-state index is -3.42. The molecule has 1 aromatic rings. The molecular weight excluding hydrogens is 300 g/mol. The van der Waals surface area contributed by atoms with Crippen molar-refractivity contribution in [1.29, 1.82) is 0 Å². The van der Waals surface area contributed by atoms with Gasteiger partial charge in [-0.15, -0.1) is 0 Å². The van der Waals surface area contributed by atoms with Crippen LogP contribution < -0.4 is 5.73 Å². The highest BCUT2D eigenvalue weighted by molar-refractivity contribution is 7.90. The van der Waals surface area contributed by atoms with Crippen molar-refractivity contribution >= 4 is 32.2 Å². The van der Waals surface area contributed by atoms with E-state index in [9.17, 15) is 17.4 Å². The highest BCUT2D eigenvalue weighted by Crippen LogP contribution is 2.18. The first-order valence-electron chi connectivity index (χ1n) is 6.02. The van der Waals surface area contributed by atoms with Crippen LogP contribution in [-0.2, 0) is 20.6 Å². The lowest BCUT2D eigenvalue weighted by molar-refractivity contribution is 0.0771. The Bertz CT molecular complexity index is 660. The summed E-state index contributed by atoms with van der Waals surface area (Å²) in [4.78, 5) is 13.9. The van der Waals surface area contributed by atoms with E-state index in [1.165, 1.54) is 18.2 Å². The van der Waals surface area contributed by atoms with Crippen LogP contribution in [0, 0.1) is 0 Å². The van der Waals surface area contributed by atoms with E-state index >= 15 is 0 Å². The summed E-state index contributed by atoms with van der Waals surface area (Å²) in [6.45, 7) is 0.822. The molecule has 0 unspecified atom stereocenters. The molecule has 110 valence electrons. The SMILES string of the molecule is CS(=O)(=O)c1cc(N)cc(C(=O)N2CCS(=O)CC2)c1. The minimum absolute atomic E-state index is 0.0291. The van der Waals surface area contributed by atoms with E-state index in [0.29, 0.717) is 24.6 Å². The van der Waals surface area contributed by atoms with Gasteiger partial charge in [0.15, 0.2) is 9.84 Å². The standard InChI is InChI=1S/C12H16N2O4S2/c1-20(17,18)11-7-9(6-10(13)8-11)12(15)14-2-4-19(16)5-3-14/h6-8H,2-5,13H2,1H3. The van der Waals surface area contributed by atoms with E-state index in [4.69, 9.17) is 5.73 Å². The molecule has 0 aliphatic carbocycles. The zero-order valence-corrected chi connectivity index (χ0v) is 12.7. The first-order chi connectivity index (χ1) is 9.27. The van der Waals surface area contributed by atoms with Gasteiger partial charge in [-0.3, -0.25) is 9.00 Å². The average molecular weight is 316 g/mol. The smallest absolute Gasteiger partial charge is 0.254 e. The van der Waals surface area contributed by atoms with Gasteiger partial charge in [-0.05, 0) is 18.2 Å². The van der Waals surface area contributed by atoms with Crippen LogP contribution in [0.2, 0.25) is 0 Å². The number of rotatable bonds is 2. The van der Waals surface area contributed by atoms with E-state index in [0.717, 1.165) is 6.26 Å². The number of anilines is 1. The lowest BCUT2D eigenvalue weighted by Gasteiger charge is -2.26. The lowest BCUT2D eigenvalue weighted by atomic mass is 10.1. The number of hydrogen-bond donors (Lipinski definition) is 1. The zero-order valence-electron chi connectivity index (χ0n) is 11.0. The molecule has 1 aromatic carbocycles. The lowest BCUT2D eigenvalue weighted by Crippen LogP contribution is -2.41. The van der Waals surface area contributed by atoms with Crippen LogP contribution in [0.1, 0.15) is 10.4 Å². The van der Waals surface area contributed by atoms with Crippen LogP contribution in [0.4, 0.5) is 5.69 Å². The number of carbonyl (C=O) groups excluding carboxylic acids is 1. The molecule has 1 aliphatic heterocycles. The largest absolute Gasteiger partial charge is 0.399 e. The molecular formula is C12H16N2O4S2. The molecule has 2 rings (SSSR count). The summed E-state index contributed by atoms with van der Waals surface area (Å²) in [6.07, 6.45) is 1.07. The molecule has 1 amide bonds. The summed E-state index contributed by atoms with van der Waals surface area (Å²) < 4.78 is 34.4. The van der Waals surface area contributed by atoms with Gasteiger partial charge < -0.3 is 10.6 Å². The summed E-state index contributed by atoms with van der Waals surface area (Å²) in [5, 5.41) is 0. The molecule has 20 heavy (non-hydrogen) atoms. The molecule has 0 bridgehead atoms. The summed E-state index contributed by atoms with van der Waals surface area (Å²) in [5.41, 5.74) is 6.14. The molecule has 1 saturated heterocycles. The fourth-order valence-corrected chi connectivity index (χ4v) is 3.73. The third-order valence-electron chi connectivity index (χ3n) is 3.07. The quantitative estimate of drug-likeness (QED) is 0.767. The van der Waals surface area contributed by atoms with Crippen LogP contribution >= 0.6 is 0 Å². The number of hydrogen-bond acceptors (Lipinski definition) is 5. The van der Waals surface area contributed by atoms with Gasteiger partial charge in [-0.25, -0.2) is 8.42 Å². The number of carbonyl (C=O) groups is 1. The molecule has 0 atom stereocenters. The summed E-state index contributed by atoms with van der Waals surface area (Å²) in [6, 6.07) is 4.12. The fourth-order valence-electron chi connectivity index (χ4n) is 1.98. The molecule has 0 radical (unpaired) electrons. The normalized spacial score (nSPS) is 17.1. The maximum absolute atomic E-state index is 12.3. The second-order valence-corrected chi connectivity index (χ2v) is 8.42. The van der Waals surface area contributed by atoms with E-state index in [2.05, 4.69) is 0 Å². The number of benzene rings is 1. The maximum Gasteiger partial charge on any atom is 0.254 e. The van der Waals surface area contributed by atoms with Gasteiger partial charge in [0.2, 0.25) is 0 Å². The summed E-state index contributed by atoms with van der Waals surface area (Å²) >= 11 is 0. The highest BCUT2D eigenvalue weighted by Gasteiger charge is 2.22. The van der Waals surface area contributed by atoms with Gasteiger partial charge in [0.25, 0.3) is 5.91 Å². The van der Waals surface area contributed by atoms with Crippen molar-refractivity contribution in [2.24, 2.45) is 0 Å². The number of nitrogen functional groups attached to an aromatic ring is 1. The molecule has 1 heterocycles. The van der Waals surface area contributed by atoms with Gasteiger partial charge in [0.05, 0.1) is 4.90 Å². The topological polar surface area (TPSA) is 97.5 Å². The van der Waals surface area contributed by atoms with Crippen molar-refractivity contribution in [1.82, 2.24) is 4.90 Å². The van der Waals surface area contributed by atoms with Gasteiger partial charge in [0, 0.05) is 52.9 Å². The average Bonchev–Trinajstić information content (AvgIpc) is 2.37. The Morgan fingerprint density at radius 3 is 2.40 bits per heavy atom. The Labute approximate surface area is 120 Å². The van der Waals surface area contributed by atoms with E-state index in [-0.39, 0.29) is 22.1 Å². The number of sulfone groups is 1. The molecule has 1 aliphatic rings. The van der Waals surface area contributed by atoms with Gasteiger partial charge in [0.1, 0.15) is 0 Å². The third kappa shape index (κ3) is 3.37. The van der Waals surface area contributed by atoms with Gasteiger partial charge >= 0.3 is 0 Å². The minimum Gasteiger partial charge on any atom is -0.399 e. The molecule has 6 nitrogen and oxygen atoms in total. The molecule has 0 saturated carbocycles. The van der Waals surface area contributed by atoms with Crippen molar-refractivity contribution in [2.45, 2.75) is 4.90 Å². The zero-order chi connectivity index (χ0) is 14.9. The van der Waals surface area contributed by atoms with Crippen LogP contribution in [0.25, 0.3) is 0 Å². The van der Waals surface area contributed by atoms with Gasteiger partial charge in [-0.2, -0.15) is 0 Å². The second-order valence-electron chi connectivity index (χ2n) is 4.70. The van der Waals surface area contributed by atoms with E-state index in [1.54, 1.807) is 4.90 Å². The molecule has 2 N–H and O–H groups in total. The second kappa shape index (κ2) is 5.53. The van der Waals surface area contributed by atoms with Crippen LogP contribution in [0.3, 0.4) is 0 Å². The number of nitrogens with zero attached hydrogens (tertiary/aromatic N) is 1. The monoisotopic (exact) mass is 316 g/mol. The van der Waals surface area contributed by atoms with Crippen molar-refractivity contribution in [3.05, 3.63) is 23.8 Å². The third-order valence-corrected chi connectivity index (χ3v) is 5.44. The first kappa shape index (κ1) is 15.0. The molecule has 0 spiro atoms. The number of nitrogens with two attached hydrogens (primary N) is 1. The summed E-state index contributed by atoms with van der Waals surface area (Å²) in [5.74, 6) is 0.624.